The lowest BCUT2D eigenvalue weighted by Gasteiger charge is -2.14. The minimum atomic E-state index is 0.623. The van der Waals surface area contributed by atoms with Crippen molar-refractivity contribution in [3.05, 3.63) is 0 Å². The summed E-state index contributed by atoms with van der Waals surface area (Å²) in [6.07, 6.45) is 5.60. The van der Waals surface area contributed by atoms with Crippen molar-refractivity contribution in [1.82, 2.24) is 5.43 Å². The molecule has 3 unspecified atom stereocenters. The lowest BCUT2D eigenvalue weighted by Crippen LogP contribution is -2.37. The van der Waals surface area contributed by atoms with Crippen LogP contribution in [-0.2, 0) is 0 Å². The zero-order valence-corrected chi connectivity index (χ0v) is 7.22. The number of nitrogens with two attached hydrogens (primary N) is 1. The summed E-state index contributed by atoms with van der Waals surface area (Å²) in [4.78, 5) is 0. The highest BCUT2D eigenvalue weighted by molar-refractivity contribution is 4.94. The minimum absolute atomic E-state index is 0.623. The molecule has 0 saturated heterocycles. The number of nitrogens with one attached hydrogen (secondary N) is 1. The average Bonchev–Trinajstić information content (AvgIpc) is 2.82. The van der Waals surface area contributed by atoms with Gasteiger partial charge >= 0.3 is 0 Å². The van der Waals surface area contributed by atoms with Gasteiger partial charge < -0.3 is 0 Å². The van der Waals surface area contributed by atoms with Gasteiger partial charge in [0, 0.05) is 6.04 Å². The van der Waals surface area contributed by atoms with Crippen LogP contribution in [0.2, 0.25) is 0 Å². The molecule has 64 valence electrons. The predicted molar refractivity (Wildman–Crippen MR) is 45.7 cm³/mol. The maximum atomic E-state index is 5.50. The van der Waals surface area contributed by atoms with Crippen LogP contribution in [0.3, 0.4) is 0 Å². The van der Waals surface area contributed by atoms with E-state index >= 15 is 0 Å². The fraction of sp³-hybridized carbons (Fsp3) is 1.00. The number of hydrogen-bond donors (Lipinski definition) is 2. The third-order valence-corrected chi connectivity index (χ3v) is 3.19. The Balaban J connectivity index is 1.76. The van der Waals surface area contributed by atoms with Crippen molar-refractivity contribution in [3.63, 3.8) is 0 Å². The fourth-order valence-corrected chi connectivity index (χ4v) is 1.99. The molecule has 0 aromatic rings. The summed E-state index contributed by atoms with van der Waals surface area (Å²) in [5, 5.41) is 0. The van der Waals surface area contributed by atoms with Crippen LogP contribution in [0.15, 0.2) is 0 Å². The topological polar surface area (TPSA) is 38.0 Å². The zero-order chi connectivity index (χ0) is 7.84. The van der Waals surface area contributed by atoms with Gasteiger partial charge in [-0.2, -0.15) is 0 Å². The fourth-order valence-electron chi connectivity index (χ4n) is 1.99. The van der Waals surface area contributed by atoms with Gasteiger partial charge in [-0.1, -0.05) is 19.8 Å². The molecule has 3 atom stereocenters. The van der Waals surface area contributed by atoms with Gasteiger partial charge in [0.25, 0.3) is 0 Å². The third kappa shape index (κ3) is 1.74. The monoisotopic (exact) mass is 154 g/mol. The maximum Gasteiger partial charge on any atom is 0.0244 e. The van der Waals surface area contributed by atoms with Gasteiger partial charge in [-0.05, 0) is 30.6 Å². The van der Waals surface area contributed by atoms with Crippen molar-refractivity contribution in [2.75, 3.05) is 0 Å². The second-order valence-electron chi connectivity index (χ2n) is 4.33. The second kappa shape index (κ2) is 2.76. The molecule has 2 nitrogen and oxygen atoms in total. The van der Waals surface area contributed by atoms with Crippen LogP contribution in [0.4, 0.5) is 0 Å². The molecule has 2 heteroatoms. The Morgan fingerprint density at radius 2 is 2.18 bits per heavy atom. The molecule has 2 fully saturated rings. The van der Waals surface area contributed by atoms with Crippen molar-refractivity contribution in [2.24, 2.45) is 23.6 Å². The summed E-state index contributed by atoms with van der Waals surface area (Å²) in [7, 11) is 0. The van der Waals surface area contributed by atoms with Crippen molar-refractivity contribution >= 4 is 0 Å². The highest BCUT2D eigenvalue weighted by Crippen LogP contribution is 2.45. The second-order valence-corrected chi connectivity index (χ2v) is 4.33. The summed E-state index contributed by atoms with van der Waals surface area (Å²) in [6.45, 7) is 2.32. The summed E-state index contributed by atoms with van der Waals surface area (Å²) in [6, 6.07) is 0.623. The Kier molecular flexibility index (Phi) is 1.90. The van der Waals surface area contributed by atoms with Crippen LogP contribution in [0, 0.1) is 17.8 Å². The predicted octanol–water partition coefficient (Wildman–Crippen LogP) is 1.27. The molecule has 0 aromatic heterocycles. The standard InChI is InChI=1S/C9H18N2/c1-6-4-8(6)9(11-10)5-7-2-3-7/h6-9,11H,2-5,10H2,1H3. The van der Waals surface area contributed by atoms with Crippen LogP contribution < -0.4 is 11.3 Å². The van der Waals surface area contributed by atoms with E-state index in [1.165, 1.54) is 25.7 Å². The van der Waals surface area contributed by atoms with Gasteiger partial charge in [-0.15, -0.1) is 0 Å². The lowest BCUT2D eigenvalue weighted by molar-refractivity contribution is 0.410. The van der Waals surface area contributed by atoms with E-state index in [1.54, 1.807) is 0 Å². The Morgan fingerprint density at radius 3 is 2.55 bits per heavy atom. The first-order valence-corrected chi connectivity index (χ1v) is 4.77. The summed E-state index contributed by atoms with van der Waals surface area (Å²) in [5.74, 6) is 8.32. The molecule has 2 aliphatic carbocycles. The Labute approximate surface area is 68.5 Å². The van der Waals surface area contributed by atoms with Crippen LogP contribution in [0.25, 0.3) is 0 Å². The molecule has 0 radical (unpaired) electrons. The Bertz CT molecular complexity index is 142. The minimum Gasteiger partial charge on any atom is -0.271 e. The van der Waals surface area contributed by atoms with E-state index in [0.29, 0.717) is 6.04 Å². The molecule has 0 spiro atoms. The number of hydrogen-bond acceptors (Lipinski definition) is 2. The molecule has 0 heterocycles. The van der Waals surface area contributed by atoms with E-state index in [0.717, 1.165) is 17.8 Å². The van der Waals surface area contributed by atoms with Crippen LogP contribution in [0.5, 0.6) is 0 Å². The van der Waals surface area contributed by atoms with Gasteiger partial charge in [0.2, 0.25) is 0 Å². The molecular formula is C9H18N2. The smallest absolute Gasteiger partial charge is 0.0244 e. The highest BCUT2D eigenvalue weighted by Gasteiger charge is 2.41. The third-order valence-electron chi connectivity index (χ3n) is 3.19. The van der Waals surface area contributed by atoms with E-state index in [4.69, 9.17) is 5.84 Å². The molecule has 2 aliphatic rings. The van der Waals surface area contributed by atoms with Crippen molar-refractivity contribution in [2.45, 2.75) is 38.6 Å². The van der Waals surface area contributed by atoms with E-state index in [1.807, 2.05) is 0 Å². The van der Waals surface area contributed by atoms with Gasteiger partial charge in [0.05, 0.1) is 0 Å². The maximum absolute atomic E-state index is 5.50. The van der Waals surface area contributed by atoms with E-state index in [-0.39, 0.29) is 0 Å². The molecule has 0 bridgehead atoms. The van der Waals surface area contributed by atoms with Gasteiger partial charge in [0.15, 0.2) is 0 Å². The molecule has 2 rings (SSSR count). The van der Waals surface area contributed by atoms with Gasteiger partial charge in [0.1, 0.15) is 0 Å². The van der Waals surface area contributed by atoms with Crippen LogP contribution in [0.1, 0.15) is 32.6 Å². The van der Waals surface area contributed by atoms with Crippen molar-refractivity contribution in [3.8, 4) is 0 Å². The molecule has 0 aromatic carbocycles. The first-order valence-electron chi connectivity index (χ1n) is 4.77. The molecular weight excluding hydrogens is 136 g/mol. The van der Waals surface area contributed by atoms with Crippen molar-refractivity contribution < 1.29 is 0 Å². The highest BCUT2D eigenvalue weighted by atomic mass is 15.2. The zero-order valence-electron chi connectivity index (χ0n) is 7.22. The van der Waals surface area contributed by atoms with Crippen LogP contribution >= 0.6 is 0 Å². The van der Waals surface area contributed by atoms with Crippen molar-refractivity contribution in [1.29, 1.82) is 0 Å². The SMILES string of the molecule is CC1CC1C(CC1CC1)NN. The first kappa shape index (κ1) is 7.56. The largest absolute Gasteiger partial charge is 0.271 e. The summed E-state index contributed by atoms with van der Waals surface area (Å²) >= 11 is 0. The Hall–Kier alpha value is -0.0800. The molecule has 3 N–H and O–H groups in total. The molecule has 0 amide bonds. The number of rotatable bonds is 4. The van der Waals surface area contributed by atoms with Gasteiger partial charge in [-0.25, -0.2) is 0 Å². The summed E-state index contributed by atoms with van der Waals surface area (Å²) < 4.78 is 0. The van der Waals surface area contributed by atoms with E-state index in [9.17, 15) is 0 Å². The molecule has 11 heavy (non-hydrogen) atoms. The van der Waals surface area contributed by atoms with E-state index < -0.39 is 0 Å². The normalized spacial score (nSPS) is 38.7. The Morgan fingerprint density at radius 1 is 1.55 bits per heavy atom. The lowest BCUT2D eigenvalue weighted by atomic mass is 10.1. The quantitative estimate of drug-likeness (QED) is 0.473. The number of hydrazine groups is 1. The van der Waals surface area contributed by atoms with E-state index in [2.05, 4.69) is 12.3 Å². The first-order chi connectivity index (χ1) is 5.31. The molecule has 2 saturated carbocycles. The van der Waals surface area contributed by atoms with Gasteiger partial charge in [-0.3, -0.25) is 11.3 Å². The molecule has 0 aliphatic heterocycles. The summed E-state index contributed by atoms with van der Waals surface area (Å²) in [5.41, 5.74) is 2.97. The average molecular weight is 154 g/mol. The van der Waals surface area contributed by atoms with Crippen LogP contribution in [-0.4, -0.2) is 6.04 Å².